The second-order valence-electron chi connectivity index (χ2n) is 7.14. The fourth-order valence-electron chi connectivity index (χ4n) is 3.49. The van der Waals surface area contributed by atoms with Crippen molar-refractivity contribution in [1.82, 2.24) is 4.90 Å². The maximum atomic E-state index is 12.8. The van der Waals surface area contributed by atoms with E-state index in [9.17, 15) is 4.79 Å². The van der Waals surface area contributed by atoms with Gasteiger partial charge in [0, 0.05) is 12.7 Å². The molecule has 0 fully saturated rings. The molecule has 0 saturated carbocycles. The average Bonchev–Trinajstić information content (AvgIpc) is 2.76. The van der Waals surface area contributed by atoms with Crippen LogP contribution >= 0.6 is 0 Å². The predicted molar refractivity (Wildman–Crippen MR) is 113 cm³/mol. The molecule has 0 radical (unpaired) electrons. The van der Waals surface area contributed by atoms with E-state index in [0.29, 0.717) is 18.8 Å². The van der Waals surface area contributed by atoms with Crippen molar-refractivity contribution in [3.05, 3.63) is 90.0 Å². The lowest BCUT2D eigenvalue weighted by Gasteiger charge is -2.44. The Morgan fingerprint density at radius 2 is 1.41 bits per heavy atom. The van der Waals surface area contributed by atoms with E-state index in [-0.39, 0.29) is 5.91 Å². The number of nitrogens with one attached hydrogen (secondary N) is 1. The first-order chi connectivity index (χ1) is 14.1. The van der Waals surface area contributed by atoms with E-state index in [0.717, 1.165) is 22.7 Å². The van der Waals surface area contributed by atoms with Gasteiger partial charge in [-0.25, -0.2) is 0 Å². The molecule has 3 aromatic rings. The van der Waals surface area contributed by atoms with Crippen LogP contribution in [0.4, 0.5) is 5.69 Å². The molecule has 1 unspecified atom stereocenters. The van der Waals surface area contributed by atoms with Crippen molar-refractivity contribution in [2.75, 3.05) is 25.6 Å². The average molecular weight is 388 g/mol. The van der Waals surface area contributed by atoms with Crippen LogP contribution in [0.15, 0.2) is 78.9 Å². The standard InChI is InChI=1S/C24H24N2O3/c1-24(25-22-11-7-6-10-21(22)23(27)26(24)2)18-12-14-20(15-13-18)29-17-16-28-19-8-4-3-5-9-19/h3-15,25H,16-17H2,1-2H3. The summed E-state index contributed by atoms with van der Waals surface area (Å²) in [6.07, 6.45) is 0. The number of carbonyl (C=O) groups excluding carboxylic acids is 1. The molecule has 1 aliphatic rings. The Kier molecular flexibility index (Phi) is 5.12. The maximum absolute atomic E-state index is 12.8. The number of rotatable bonds is 6. The minimum atomic E-state index is -0.639. The molecule has 0 spiro atoms. The second kappa shape index (κ2) is 7.87. The predicted octanol–water partition coefficient (Wildman–Crippen LogP) is 4.51. The minimum Gasteiger partial charge on any atom is -0.490 e. The highest BCUT2D eigenvalue weighted by Gasteiger charge is 2.40. The number of ether oxygens (including phenoxy) is 2. The first kappa shape index (κ1) is 18.9. The summed E-state index contributed by atoms with van der Waals surface area (Å²) in [4.78, 5) is 14.5. The third-order valence-corrected chi connectivity index (χ3v) is 5.29. The monoisotopic (exact) mass is 388 g/mol. The molecule has 148 valence electrons. The van der Waals surface area contributed by atoms with E-state index in [1.807, 2.05) is 92.8 Å². The fourth-order valence-corrected chi connectivity index (χ4v) is 3.49. The number of nitrogens with zero attached hydrogens (tertiary/aromatic N) is 1. The number of hydrogen-bond acceptors (Lipinski definition) is 4. The van der Waals surface area contributed by atoms with Gasteiger partial charge in [0.05, 0.1) is 5.56 Å². The van der Waals surface area contributed by atoms with Crippen molar-refractivity contribution >= 4 is 11.6 Å². The molecular formula is C24H24N2O3. The number of hydrogen-bond donors (Lipinski definition) is 1. The first-order valence-electron chi connectivity index (χ1n) is 9.64. The number of carbonyl (C=O) groups is 1. The number of fused-ring (bicyclic) bond motifs is 1. The summed E-state index contributed by atoms with van der Waals surface area (Å²) >= 11 is 0. The molecule has 1 amide bonds. The number of anilines is 1. The zero-order chi connectivity index (χ0) is 20.3. The third-order valence-electron chi connectivity index (χ3n) is 5.29. The lowest BCUT2D eigenvalue weighted by atomic mass is 9.94. The Labute approximate surface area is 170 Å². The largest absolute Gasteiger partial charge is 0.490 e. The Morgan fingerprint density at radius 1 is 0.828 bits per heavy atom. The first-order valence-corrected chi connectivity index (χ1v) is 9.64. The molecule has 1 heterocycles. The van der Waals surface area contributed by atoms with Gasteiger partial charge < -0.3 is 19.7 Å². The van der Waals surface area contributed by atoms with Crippen LogP contribution in [0.5, 0.6) is 11.5 Å². The maximum Gasteiger partial charge on any atom is 0.257 e. The summed E-state index contributed by atoms with van der Waals surface area (Å²) < 4.78 is 11.4. The highest BCUT2D eigenvalue weighted by Crippen LogP contribution is 2.37. The molecule has 1 N–H and O–H groups in total. The molecule has 1 atom stereocenters. The molecule has 5 heteroatoms. The van der Waals surface area contributed by atoms with Crippen molar-refractivity contribution in [3.8, 4) is 11.5 Å². The molecular weight excluding hydrogens is 364 g/mol. The van der Waals surface area contributed by atoms with Gasteiger partial charge in [-0.15, -0.1) is 0 Å². The summed E-state index contributed by atoms with van der Waals surface area (Å²) in [7, 11) is 1.82. The molecule has 0 aliphatic carbocycles. The SMILES string of the molecule is CN1C(=O)c2ccccc2NC1(C)c1ccc(OCCOc2ccccc2)cc1. The van der Waals surface area contributed by atoms with E-state index in [1.165, 1.54) is 0 Å². The topological polar surface area (TPSA) is 50.8 Å². The van der Waals surface area contributed by atoms with Gasteiger partial charge in [0.2, 0.25) is 0 Å². The lowest BCUT2D eigenvalue weighted by molar-refractivity contribution is 0.0615. The van der Waals surface area contributed by atoms with Crippen molar-refractivity contribution < 1.29 is 14.3 Å². The van der Waals surface area contributed by atoms with E-state index in [2.05, 4.69) is 5.32 Å². The molecule has 3 aromatic carbocycles. The van der Waals surface area contributed by atoms with Crippen molar-refractivity contribution in [3.63, 3.8) is 0 Å². The van der Waals surface area contributed by atoms with Gasteiger partial charge in [-0.05, 0) is 48.9 Å². The van der Waals surface area contributed by atoms with Crippen molar-refractivity contribution in [2.45, 2.75) is 12.6 Å². The second-order valence-corrected chi connectivity index (χ2v) is 7.14. The van der Waals surface area contributed by atoms with Gasteiger partial charge in [-0.2, -0.15) is 0 Å². The Morgan fingerprint density at radius 3 is 2.10 bits per heavy atom. The summed E-state index contributed by atoms with van der Waals surface area (Å²) in [5.74, 6) is 1.59. The number of para-hydroxylation sites is 2. The van der Waals surface area contributed by atoms with Crippen LogP contribution in [-0.4, -0.2) is 31.1 Å². The minimum absolute atomic E-state index is 0.000220. The van der Waals surface area contributed by atoms with E-state index in [4.69, 9.17) is 9.47 Å². The van der Waals surface area contributed by atoms with Gasteiger partial charge in [-0.1, -0.05) is 42.5 Å². The summed E-state index contributed by atoms with van der Waals surface area (Å²) in [5.41, 5.74) is 1.87. The summed E-state index contributed by atoms with van der Waals surface area (Å²) in [6.45, 7) is 2.93. The molecule has 1 aliphatic heterocycles. The smallest absolute Gasteiger partial charge is 0.257 e. The van der Waals surface area contributed by atoms with Crippen LogP contribution in [0.1, 0.15) is 22.8 Å². The van der Waals surface area contributed by atoms with E-state index >= 15 is 0 Å². The van der Waals surface area contributed by atoms with Gasteiger partial charge in [-0.3, -0.25) is 4.79 Å². The van der Waals surface area contributed by atoms with Gasteiger partial charge >= 0.3 is 0 Å². The van der Waals surface area contributed by atoms with Crippen molar-refractivity contribution in [1.29, 1.82) is 0 Å². The van der Waals surface area contributed by atoms with Gasteiger partial charge in [0.15, 0.2) is 0 Å². The highest BCUT2D eigenvalue weighted by atomic mass is 16.5. The quantitative estimate of drug-likeness (QED) is 0.631. The molecule has 29 heavy (non-hydrogen) atoms. The van der Waals surface area contributed by atoms with Gasteiger partial charge in [0.25, 0.3) is 5.91 Å². The Hall–Kier alpha value is -3.47. The van der Waals surface area contributed by atoms with Crippen LogP contribution in [0.25, 0.3) is 0 Å². The fraction of sp³-hybridized carbons (Fsp3) is 0.208. The highest BCUT2D eigenvalue weighted by molar-refractivity contribution is 6.02. The van der Waals surface area contributed by atoms with Crippen LogP contribution in [0, 0.1) is 0 Å². The number of benzene rings is 3. The van der Waals surface area contributed by atoms with Gasteiger partial charge in [0.1, 0.15) is 30.4 Å². The normalized spacial score (nSPS) is 18.0. The van der Waals surface area contributed by atoms with Crippen LogP contribution in [0.3, 0.4) is 0 Å². The zero-order valence-corrected chi connectivity index (χ0v) is 16.6. The number of amides is 1. The lowest BCUT2D eigenvalue weighted by Crippen LogP contribution is -2.53. The molecule has 5 nitrogen and oxygen atoms in total. The summed E-state index contributed by atoms with van der Waals surface area (Å²) in [5, 5.41) is 3.50. The van der Waals surface area contributed by atoms with Crippen LogP contribution in [-0.2, 0) is 5.66 Å². The van der Waals surface area contributed by atoms with Crippen LogP contribution < -0.4 is 14.8 Å². The Bertz CT molecular complexity index is 989. The molecule has 0 saturated heterocycles. The van der Waals surface area contributed by atoms with E-state index < -0.39 is 5.66 Å². The molecule has 0 aromatic heterocycles. The summed E-state index contributed by atoms with van der Waals surface area (Å²) in [6, 6.07) is 25.1. The Balaban J connectivity index is 1.41. The zero-order valence-electron chi connectivity index (χ0n) is 16.6. The molecule has 0 bridgehead atoms. The van der Waals surface area contributed by atoms with E-state index in [1.54, 1.807) is 4.90 Å². The van der Waals surface area contributed by atoms with Crippen LogP contribution in [0.2, 0.25) is 0 Å². The molecule has 4 rings (SSSR count). The third kappa shape index (κ3) is 3.76. The van der Waals surface area contributed by atoms with Crippen molar-refractivity contribution in [2.24, 2.45) is 0 Å².